The van der Waals surface area contributed by atoms with Crippen molar-refractivity contribution in [3.63, 3.8) is 0 Å². The molecule has 0 saturated heterocycles. The molecule has 3 saturated carbocycles. The maximum absolute atomic E-state index is 11.2. The van der Waals surface area contributed by atoms with Gasteiger partial charge in [-0.25, -0.2) is 4.18 Å². The molecule has 4 aliphatic rings. The fraction of sp³-hybridized carbons (Fsp3) is 0.929. The lowest BCUT2D eigenvalue weighted by molar-refractivity contribution is -0.0562. The van der Waals surface area contributed by atoms with E-state index in [1.54, 1.807) is 0 Å². The molecule has 0 aromatic heterocycles. The van der Waals surface area contributed by atoms with Crippen molar-refractivity contribution in [3.8, 4) is 0 Å². The van der Waals surface area contributed by atoms with Crippen LogP contribution in [0.15, 0.2) is 11.6 Å². The Hall–Kier alpha value is -0.390. The molecule has 0 spiro atoms. The zero-order valence-electron chi connectivity index (χ0n) is 21.8. The number of allylic oxidation sites excluding steroid dienone is 1. The molecule has 190 valence electrons. The lowest BCUT2D eigenvalue weighted by Gasteiger charge is -2.58. The summed E-state index contributed by atoms with van der Waals surface area (Å²) in [5, 5.41) is 0. The molecule has 4 rings (SSSR count). The summed E-state index contributed by atoms with van der Waals surface area (Å²) in [5.74, 6) is 5.57. The summed E-state index contributed by atoms with van der Waals surface area (Å²) in [5.41, 5.74) is 2.03. The van der Waals surface area contributed by atoms with Gasteiger partial charge in [-0.15, -0.1) is 0 Å². The van der Waals surface area contributed by atoms with Crippen LogP contribution in [0.2, 0.25) is 0 Å². The van der Waals surface area contributed by atoms with Gasteiger partial charge in [-0.05, 0) is 104 Å². The molecule has 5 heteroatoms. The molecule has 0 amide bonds. The lowest BCUT2D eigenvalue weighted by atomic mass is 9.47. The number of hydrogen-bond donors (Lipinski definition) is 1. The van der Waals surface area contributed by atoms with Crippen LogP contribution in [0.1, 0.15) is 106 Å². The second-order valence-corrected chi connectivity index (χ2v) is 14.2. The Morgan fingerprint density at radius 3 is 2.42 bits per heavy atom. The Labute approximate surface area is 203 Å². The van der Waals surface area contributed by atoms with Crippen LogP contribution in [0.3, 0.4) is 0 Å². The maximum Gasteiger partial charge on any atom is 0.397 e. The molecule has 0 radical (unpaired) electrons. The summed E-state index contributed by atoms with van der Waals surface area (Å²) < 4.78 is 36.6. The van der Waals surface area contributed by atoms with Crippen LogP contribution in [0.5, 0.6) is 0 Å². The fourth-order valence-corrected chi connectivity index (χ4v) is 9.43. The first-order valence-corrected chi connectivity index (χ1v) is 15.1. The van der Waals surface area contributed by atoms with Crippen molar-refractivity contribution in [2.45, 2.75) is 112 Å². The SMILES string of the molecule is CC(C)C(C)CC[C@@H](C)[C@H]1CC[C@H]2[C@@H]3CC=C4C[C@@H](OS(=O)(=O)O)CC[C@]4(C)[C@H]3CC[C@]12C. The molecular weight excluding hydrogens is 432 g/mol. The van der Waals surface area contributed by atoms with E-state index in [0.29, 0.717) is 24.2 Å². The third-order valence-corrected chi connectivity index (χ3v) is 11.8. The van der Waals surface area contributed by atoms with E-state index >= 15 is 0 Å². The summed E-state index contributed by atoms with van der Waals surface area (Å²) in [7, 11) is -4.38. The smallest absolute Gasteiger partial charge is 0.264 e. The molecule has 0 aromatic carbocycles. The first-order valence-electron chi connectivity index (χ1n) is 13.7. The number of rotatable bonds is 7. The van der Waals surface area contributed by atoms with Crippen LogP contribution >= 0.6 is 0 Å². The second kappa shape index (κ2) is 9.24. The third-order valence-electron chi connectivity index (χ3n) is 11.3. The fourth-order valence-electron chi connectivity index (χ4n) is 8.92. The minimum absolute atomic E-state index is 0.166. The van der Waals surface area contributed by atoms with Crippen LogP contribution in [0.25, 0.3) is 0 Å². The Bertz CT molecular complexity index is 848. The van der Waals surface area contributed by atoms with Crippen molar-refractivity contribution < 1.29 is 17.2 Å². The molecule has 1 unspecified atom stereocenters. The molecule has 0 aromatic rings. The van der Waals surface area contributed by atoms with Crippen molar-refractivity contribution in [3.05, 3.63) is 11.6 Å². The topological polar surface area (TPSA) is 63.6 Å². The van der Waals surface area contributed by atoms with E-state index in [0.717, 1.165) is 48.3 Å². The molecule has 1 N–H and O–H groups in total. The normalized spacial score (nSPS) is 42.8. The zero-order chi connectivity index (χ0) is 24.2. The van der Waals surface area contributed by atoms with Gasteiger partial charge in [0.15, 0.2) is 0 Å². The Balaban J connectivity index is 1.47. The van der Waals surface area contributed by atoms with Gasteiger partial charge in [0, 0.05) is 0 Å². The highest BCUT2D eigenvalue weighted by Crippen LogP contribution is 2.67. The summed E-state index contributed by atoms with van der Waals surface area (Å²) in [6.45, 7) is 14.7. The third kappa shape index (κ3) is 4.85. The highest BCUT2D eigenvalue weighted by atomic mass is 32.3. The van der Waals surface area contributed by atoms with Crippen LogP contribution in [-0.4, -0.2) is 19.1 Å². The summed E-state index contributed by atoms with van der Waals surface area (Å²) in [6.07, 6.45) is 13.7. The van der Waals surface area contributed by atoms with Crippen LogP contribution in [0.4, 0.5) is 0 Å². The minimum Gasteiger partial charge on any atom is -0.264 e. The van der Waals surface area contributed by atoms with Crippen molar-refractivity contribution in [2.24, 2.45) is 52.3 Å². The average molecular weight is 481 g/mol. The van der Waals surface area contributed by atoms with Crippen LogP contribution < -0.4 is 0 Å². The van der Waals surface area contributed by atoms with Gasteiger partial charge in [-0.1, -0.05) is 66.0 Å². The first kappa shape index (κ1) is 25.7. The second-order valence-electron chi connectivity index (χ2n) is 13.2. The van der Waals surface area contributed by atoms with Crippen LogP contribution in [0, 0.1) is 52.3 Å². The van der Waals surface area contributed by atoms with Gasteiger partial charge in [0.1, 0.15) is 0 Å². The Morgan fingerprint density at radius 2 is 1.76 bits per heavy atom. The standard InChI is InChI=1S/C28H48O4S/c1-18(2)19(3)7-8-20(4)24-11-12-25-23-10-9-21-17-22(32-33(29,30)31)13-15-27(21,5)26(23)14-16-28(24,25)6/h9,18-20,22-26H,7-8,10-17H2,1-6H3,(H,29,30,31)/t19?,20-,22+,23+,24-,25+,26+,27+,28-/m1/s1. The minimum atomic E-state index is -4.38. The van der Waals surface area contributed by atoms with E-state index < -0.39 is 16.5 Å². The van der Waals surface area contributed by atoms with Gasteiger partial charge >= 0.3 is 10.4 Å². The Morgan fingerprint density at radius 1 is 1.03 bits per heavy atom. The van der Waals surface area contributed by atoms with Gasteiger partial charge in [-0.3, -0.25) is 4.55 Å². The zero-order valence-corrected chi connectivity index (χ0v) is 22.7. The van der Waals surface area contributed by atoms with Gasteiger partial charge in [-0.2, -0.15) is 8.42 Å². The molecule has 0 heterocycles. The molecular formula is C28H48O4S. The van der Waals surface area contributed by atoms with Gasteiger partial charge in [0.05, 0.1) is 6.10 Å². The van der Waals surface area contributed by atoms with Crippen molar-refractivity contribution in [1.29, 1.82) is 0 Å². The molecule has 4 aliphatic carbocycles. The van der Waals surface area contributed by atoms with E-state index in [2.05, 4.69) is 47.6 Å². The molecule has 9 atom stereocenters. The molecule has 4 nitrogen and oxygen atoms in total. The molecule has 3 fully saturated rings. The van der Waals surface area contributed by atoms with E-state index in [-0.39, 0.29) is 5.41 Å². The van der Waals surface area contributed by atoms with Gasteiger partial charge in [0.25, 0.3) is 0 Å². The Kier molecular flexibility index (Phi) is 7.20. The van der Waals surface area contributed by atoms with E-state index in [4.69, 9.17) is 8.74 Å². The largest absolute Gasteiger partial charge is 0.397 e. The van der Waals surface area contributed by atoms with E-state index in [1.807, 2.05) is 0 Å². The number of fused-ring (bicyclic) bond motifs is 5. The highest BCUT2D eigenvalue weighted by molar-refractivity contribution is 7.80. The first-order chi connectivity index (χ1) is 15.3. The van der Waals surface area contributed by atoms with Gasteiger partial charge < -0.3 is 0 Å². The predicted octanol–water partition coefficient (Wildman–Crippen LogP) is 7.46. The lowest BCUT2D eigenvalue weighted by Crippen LogP contribution is -2.51. The van der Waals surface area contributed by atoms with Crippen molar-refractivity contribution in [2.75, 3.05) is 0 Å². The summed E-state index contributed by atoms with van der Waals surface area (Å²) in [4.78, 5) is 0. The monoisotopic (exact) mass is 480 g/mol. The quantitative estimate of drug-likeness (QED) is 0.303. The van der Waals surface area contributed by atoms with Crippen molar-refractivity contribution >= 4 is 10.4 Å². The van der Waals surface area contributed by atoms with Crippen molar-refractivity contribution in [1.82, 2.24) is 0 Å². The highest BCUT2D eigenvalue weighted by Gasteiger charge is 2.59. The summed E-state index contributed by atoms with van der Waals surface area (Å²) >= 11 is 0. The van der Waals surface area contributed by atoms with E-state index in [9.17, 15) is 8.42 Å². The van der Waals surface area contributed by atoms with E-state index in [1.165, 1.54) is 44.1 Å². The maximum atomic E-state index is 11.2. The summed E-state index contributed by atoms with van der Waals surface area (Å²) in [6, 6.07) is 0. The molecule has 0 aliphatic heterocycles. The predicted molar refractivity (Wildman–Crippen MR) is 134 cm³/mol. The molecule has 0 bridgehead atoms. The van der Waals surface area contributed by atoms with Gasteiger partial charge in [0.2, 0.25) is 0 Å². The van der Waals surface area contributed by atoms with Crippen LogP contribution in [-0.2, 0) is 14.6 Å². The average Bonchev–Trinajstić information content (AvgIpc) is 3.08. The molecule has 33 heavy (non-hydrogen) atoms. The number of hydrogen-bond acceptors (Lipinski definition) is 3.